The van der Waals surface area contributed by atoms with Gasteiger partial charge in [0, 0.05) is 26.1 Å². The van der Waals surface area contributed by atoms with Crippen LogP contribution in [0.5, 0.6) is 0 Å². The standard InChI is InChI=1S/C9H18N2O3/c1-7(6-9(13)14-3)11-5-4-8(12)10-2/h7,11H,4-6H2,1-3H3,(H,10,12). The van der Waals surface area contributed by atoms with Gasteiger partial charge in [0.1, 0.15) is 0 Å². The molecule has 14 heavy (non-hydrogen) atoms. The molecule has 5 nitrogen and oxygen atoms in total. The summed E-state index contributed by atoms with van der Waals surface area (Å²) in [6.45, 7) is 2.44. The van der Waals surface area contributed by atoms with Gasteiger partial charge in [-0.25, -0.2) is 0 Å². The van der Waals surface area contributed by atoms with Crippen molar-refractivity contribution in [3.8, 4) is 0 Å². The van der Waals surface area contributed by atoms with E-state index < -0.39 is 0 Å². The maximum absolute atomic E-state index is 10.8. The van der Waals surface area contributed by atoms with Crippen molar-refractivity contribution in [1.82, 2.24) is 10.6 Å². The highest BCUT2D eigenvalue weighted by Crippen LogP contribution is 1.92. The van der Waals surface area contributed by atoms with Gasteiger partial charge in [0.2, 0.25) is 5.91 Å². The Bertz CT molecular complexity index is 194. The van der Waals surface area contributed by atoms with Crippen LogP contribution in [-0.2, 0) is 14.3 Å². The molecule has 1 atom stereocenters. The van der Waals surface area contributed by atoms with Crippen molar-refractivity contribution in [1.29, 1.82) is 0 Å². The number of esters is 1. The minimum Gasteiger partial charge on any atom is -0.469 e. The van der Waals surface area contributed by atoms with Crippen molar-refractivity contribution in [2.75, 3.05) is 20.7 Å². The lowest BCUT2D eigenvalue weighted by molar-refractivity contribution is -0.141. The molecule has 1 unspecified atom stereocenters. The van der Waals surface area contributed by atoms with Crippen LogP contribution in [0, 0.1) is 0 Å². The maximum atomic E-state index is 10.8. The van der Waals surface area contributed by atoms with Gasteiger partial charge in [-0.3, -0.25) is 9.59 Å². The van der Waals surface area contributed by atoms with Crippen molar-refractivity contribution in [2.24, 2.45) is 0 Å². The van der Waals surface area contributed by atoms with Gasteiger partial charge in [-0.2, -0.15) is 0 Å². The van der Waals surface area contributed by atoms with Crippen LogP contribution in [-0.4, -0.2) is 38.6 Å². The van der Waals surface area contributed by atoms with Crippen LogP contribution < -0.4 is 10.6 Å². The molecule has 0 spiro atoms. The summed E-state index contributed by atoms with van der Waals surface area (Å²) in [6, 6.07) is 0.0344. The van der Waals surface area contributed by atoms with Gasteiger partial charge in [0.15, 0.2) is 0 Å². The highest BCUT2D eigenvalue weighted by molar-refractivity contribution is 5.75. The van der Waals surface area contributed by atoms with Gasteiger partial charge in [0.05, 0.1) is 13.5 Å². The second kappa shape index (κ2) is 7.32. The Balaban J connectivity index is 3.49. The second-order valence-electron chi connectivity index (χ2n) is 3.06. The smallest absolute Gasteiger partial charge is 0.307 e. The van der Waals surface area contributed by atoms with Crippen LogP contribution in [0.4, 0.5) is 0 Å². The van der Waals surface area contributed by atoms with E-state index in [1.807, 2.05) is 6.92 Å². The first kappa shape index (κ1) is 12.9. The molecule has 0 saturated heterocycles. The number of carbonyl (C=O) groups excluding carboxylic acids is 2. The second-order valence-corrected chi connectivity index (χ2v) is 3.06. The average Bonchev–Trinajstić information content (AvgIpc) is 2.17. The van der Waals surface area contributed by atoms with Crippen LogP contribution in [0.2, 0.25) is 0 Å². The third-order valence-corrected chi connectivity index (χ3v) is 1.82. The normalized spacial score (nSPS) is 11.9. The Morgan fingerprint density at radius 3 is 2.57 bits per heavy atom. The Morgan fingerprint density at radius 2 is 2.07 bits per heavy atom. The fourth-order valence-electron chi connectivity index (χ4n) is 0.963. The van der Waals surface area contributed by atoms with Gasteiger partial charge < -0.3 is 15.4 Å². The predicted molar refractivity (Wildman–Crippen MR) is 52.8 cm³/mol. The van der Waals surface area contributed by atoms with Gasteiger partial charge in [-0.1, -0.05) is 0 Å². The van der Waals surface area contributed by atoms with Crippen LogP contribution in [0.25, 0.3) is 0 Å². The molecular weight excluding hydrogens is 184 g/mol. The van der Waals surface area contributed by atoms with E-state index >= 15 is 0 Å². The monoisotopic (exact) mass is 202 g/mol. The number of hydrogen-bond donors (Lipinski definition) is 2. The summed E-state index contributed by atoms with van der Waals surface area (Å²) in [4.78, 5) is 21.7. The molecule has 0 aliphatic carbocycles. The lowest BCUT2D eigenvalue weighted by Crippen LogP contribution is -2.32. The van der Waals surface area contributed by atoms with Gasteiger partial charge in [0.25, 0.3) is 0 Å². The van der Waals surface area contributed by atoms with E-state index in [2.05, 4.69) is 15.4 Å². The predicted octanol–water partition coefficient (Wildman–Crippen LogP) is -0.336. The maximum Gasteiger partial charge on any atom is 0.307 e. The number of nitrogens with one attached hydrogen (secondary N) is 2. The molecule has 2 N–H and O–H groups in total. The van der Waals surface area contributed by atoms with Crippen LogP contribution in [0.3, 0.4) is 0 Å². The largest absolute Gasteiger partial charge is 0.469 e. The molecule has 0 rings (SSSR count). The number of amides is 1. The van der Waals surface area contributed by atoms with E-state index in [1.54, 1.807) is 7.05 Å². The van der Waals surface area contributed by atoms with Gasteiger partial charge in [-0.15, -0.1) is 0 Å². The van der Waals surface area contributed by atoms with E-state index in [0.717, 1.165) is 0 Å². The van der Waals surface area contributed by atoms with E-state index in [9.17, 15) is 9.59 Å². The van der Waals surface area contributed by atoms with E-state index in [0.29, 0.717) is 19.4 Å². The first-order valence-corrected chi connectivity index (χ1v) is 4.61. The van der Waals surface area contributed by atoms with E-state index in [1.165, 1.54) is 7.11 Å². The summed E-state index contributed by atoms with van der Waals surface area (Å²) in [7, 11) is 2.96. The fourth-order valence-corrected chi connectivity index (χ4v) is 0.963. The zero-order chi connectivity index (χ0) is 11.0. The summed E-state index contributed by atoms with van der Waals surface area (Å²) in [5.74, 6) is -0.257. The number of carbonyl (C=O) groups is 2. The highest BCUT2D eigenvalue weighted by atomic mass is 16.5. The molecule has 0 fully saturated rings. The summed E-state index contributed by atoms with van der Waals surface area (Å²) >= 11 is 0. The first-order valence-electron chi connectivity index (χ1n) is 4.61. The third-order valence-electron chi connectivity index (χ3n) is 1.82. The van der Waals surface area contributed by atoms with Crippen molar-refractivity contribution < 1.29 is 14.3 Å². The first-order chi connectivity index (χ1) is 6.60. The molecule has 0 aromatic carbocycles. The van der Waals surface area contributed by atoms with Crippen LogP contribution >= 0.6 is 0 Å². The molecule has 82 valence electrons. The van der Waals surface area contributed by atoms with E-state index in [-0.39, 0.29) is 17.9 Å². The Kier molecular flexibility index (Phi) is 6.74. The summed E-state index contributed by atoms with van der Waals surface area (Å²) in [5.41, 5.74) is 0. The molecule has 0 aliphatic heterocycles. The van der Waals surface area contributed by atoms with Crippen LogP contribution in [0.1, 0.15) is 19.8 Å². The molecule has 0 bridgehead atoms. The zero-order valence-electron chi connectivity index (χ0n) is 8.92. The van der Waals surface area contributed by atoms with Crippen molar-refractivity contribution >= 4 is 11.9 Å². The molecule has 0 aliphatic rings. The minimum absolute atomic E-state index is 0.0113. The molecule has 0 radical (unpaired) electrons. The Morgan fingerprint density at radius 1 is 1.43 bits per heavy atom. The topological polar surface area (TPSA) is 67.4 Å². The summed E-state index contributed by atoms with van der Waals surface area (Å²) < 4.78 is 4.51. The zero-order valence-corrected chi connectivity index (χ0v) is 8.92. The number of rotatable bonds is 6. The van der Waals surface area contributed by atoms with Gasteiger partial charge >= 0.3 is 5.97 Å². The number of hydrogen-bond acceptors (Lipinski definition) is 4. The SMILES string of the molecule is CNC(=O)CCNC(C)CC(=O)OC. The number of ether oxygens (including phenoxy) is 1. The average molecular weight is 202 g/mol. The fraction of sp³-hybridized carbons (Fsp3) is 0.778. The Labute approximate surface area is 84.2 Å². The molecule has 5 heteroatoms. The van der Waals surface area contributed by atoms with Gasteiger partial charge in [-0.05, 0) is 6.92 Å². The summed E-state index contributed by atoms with van der Waals surface area (Å²) in [5, 5.41) is 5.57. The lowest BCUT2D eigenvalue weighted by Gasteiger charge is -2.11. The Hall–Kier alpha value is -1.10. The molecule has 0 saturated carbocycles. The number of methoxy groups -OCH3 is 1. The lowest BCUT2D eigenvalue weighted by atomic mass is 10.2. The third kappa shape index (κ3) is 6.42. The minimum atomic E-state index is -0.245. The molecule has 0 aromatic rings. The summed E-state index contributed by atoms with van der Waals surface area (Å²) in [6.07, 6.45) is 0.742. The molecule has 0 aromatic heterocycles. The molecule has 0 heterocycles. The molecular formula is C9H18N2O3. The van der Waals surface area contributed by atoms with Crippen LogP contribution in [0.15, 0.2) is 0 Å². The quantitative estimate of drug-likeness (QED) is 0.578. The van der Waals surface area contributed by atoms with Crippen molar-refractivity contribution in [2.45, 2.75) is 25.8 Å². The van der Waals surface area contributed by atoms with Crippen molar-refractivity contribution in [3.05, 3.63) is 0 Å². The highest BCUT2D eigenvalue weighted by Gasteiger charge is 2.08. The van der Waals surface area contributed by atoms with E-state index in [4.69, 9.17) is 0 Å². The molecule has 1 amide bonds. The van der Waals surface area contributed by atoms with Crippen molar-refractivity contribution in [3.63, 3.8) is 0 Å².